The summed E-state index contributed by atoms with van der Waals surface area (Å²) in [4.78, 5) is 24.8. The molecule has 0 aliphatic rings. The standard InChI is InChI=1S/C12H4ClFN4O2/c13-8-2-10(9(14)1-6(8)3-15)18-5-7(4-16)11(19)17-12(18)20/h1-2,5H,(H,17,19,20). The third kappa shape index (κ3) is 2.18. The number of hydrogen-bond donors (Lipinski definition) is 1. The van der Waals surface area contributed by atoms with E-state index in [9.17, 15) is 14.0 Å². The van der Waals surface area contributed by atoms with E-state index in [1.165, 1.54) is 0 Å². The van der Waals surface area contributed by atoms with Crippen molar-refractivity contribution in [1.29, 1.82) is 10.5 Å². The van der Waals surface area contributed by atoms with Crippen molar-refractivity contribution < 1.29 is 4.39 Å². The van der Waals surface area contributed by atoms with Crippen LogP contribution in [0.2, 0.25) is 5.02 Å². The van der Waals surface area contributed by atoms with Crippen LogP contribution in [-0.2, 0) is 0 Å². The van der Waals surface area contributed by atoms with E-state index in [0.717, 1.165) is 22.9 Å². The maximum absolute atomic E-state index is 13.9. The topological polar surface area (TPSA) is 102 Å². The minimum Gasteiger partial charge on any atom is -0.273 e. The predicted molar refractivity (Wildman–Crippen MR) is 67.1 cm³/mol. The molecule has 8 heteroatoms. The average Bonchev–Trinajstić information content (AvgIpc) is 2.41. The van der Waals surface area contributed by atoms with Crippen molar-refractivity contribution in [3.05, 3.63) is 61.1 Å². The van der Waals surface area contributed by atoms with Gasteiger partial charge in [0.1, 0.15) is 23.5 Å². The molecule has 6 nitrogen and oxygen atoms in total. The van der Waals surface area contributed by atoms with E-state index in [1.807, 2.05) is 4.98 Å². The zero-order chi connectivity index (χ0) is 14.9. The normalized spacial score (nSPS) is 9.80. The van der Waals surface area contributed by atoms with E-state index in [-0.39, 0.29) is 21.8 Å². The van der Waals surface area contributed by atoms with Crippen molar-refractivity contribution in [3.8, 4) is 17.8 Å². The van der Waals surface area contributed by atoms with Crippen molar-refractivity contribution in [3.63, 3.8) is 0 Å². The highest BCUT2D eigenvalue weighted by atomic mass is 35.5. The van der Waals surface area contributed by atoms with E-state index in [4.69, 9.17) is 22.1 Å². The van der Waals surface area contributed by atoms with Crippen LogP contribution in [0.1, 0.15) is 11.1 Å². The Morgan fingerprint density at radius 3 is 2.45 bits per heavy atom. The van der Waals surface area contributed by atoms with E-state index in [1.54, 1.807) is 12.1 Å². The summed E-state index contributed by atoms with van der Waals surface area (Å²) in [6.45, 7) is 0. The van der Waals surface area contributed by atoms with E-state index in [2.05, 4.69) is 0 Å². The van der Waals surface area contributed by atoms with Crippen LogP contribution in [0.4, 0.5) is 4.39 Å². The van der Waals surface area contributed by atoms with Gasteiger partial charge in [0.2, 0.25) is 0 Å². The fraction of sp³-hybridized carbons (Fsp3) is 0. The van der Waals surface area contributed by atoms with E-state index < -0.39 is 17.1 Å². The molecule has 98 valence electrons. The molecule has 0 saturated heterocycles. The molecule has 0 amide bonds. The minimum atomic E-state index is -0.923. The van der Waals surface area contributed by atoms with Gasteiger partial charge in [-0.3, -0.25) is 14.3 Å². The Labute approximate surface area is 115 Å². The number of halogens is 2. The molecule has 1 N–H and O–H groups in total. The lowest BCUT2D eigenvalue weighted by atomic mass is 10.2. The average molecular weight is 291 g/mol. The number of nitrogens with zero attached hydrogens (tertiary/aromatic N) is 3. The zero-order valence-corrected chi connectivity index (χ0v) is 10.4. The molecule has 0 radical (unpaired) electrons. The highest BCUT2D eigenvalue weighted by molar-refractivity contribution is 6.31. The molecule has 0 fully saturated rings. The van der Waals surface area contributed by atoms with Crippen LogP contribution in [0, 0.1) is 28.5 Å². The monoisotopic (exact) mass is 290 g/mol. The first-order valence-corrected chi connectivity index (χ1v) is 5.51. The molecule has 2 rings (SSSR count). The summed E-state index contributed by atoms with van der Waals surface area (Å²) < 4.78 is 14.6. The van der Waals surface area contributed by atoms with Crippen molar-refractivity contribution in [1.82, 2.24) is 9.55 Å². The molecule has 0 bridgehead atoms. The van der Waals surface area contributed by atoms with Crippen LogP contribution in [-0.4, -0.2) is 9.55 Å². The number of nitriles is 2. The molecule has 1 heterocycles. The lowest BCUT2D eigenvalue weighted by Gasteiger charge is -2.08. The quantitative estimate of drug-likeness (QED) is 0.848. The van der Waals surface area contributed by atoms with Gasteiger partial charge in [-0.05, 0) is 12.1 Å². The number of rotatable bonds is 1. The van der Waals surface area contributed by atoms with Crippen LogP contribution < -0.4 is 11.2 Å². The van der Waals surface area contributed by atoms with Gasteiger partial charge in [-0.1, -0.05) is 11.6 Å². The van der Waals surface area contributed by atoms with Gasteiger partial charge in [0.05, 0.1) is 16.3 Å². The third-order valence-corrected chi connectivity index (χ3v) is 2.79. The molecule has 2 aromatic rings. The Morgan fingerprint density at radius 1 is 1.20 bits per heavy atom. The Morgan fingerprint density at radius 2 is 1.85 bits per heavy atom. The maximum Gasteiger partial charge on any atom is 0.333 e. The largest absolute Gasteiger partial charge is 0.333 e. The molecule has 1 aromatic heterocycles. The second-order valence-corrected chi connectivity index (χ2v) is 4.09. The summed E-state index contributed by atoms with van der Waals surface area (Å²) in [5.74, 6) is -0.885. The zero-order valence-electron chi connectivity index (χ0n) is 9.65. The third-order valence-electron chi connectivity index (χ3n) is 2.48. The highest BCUT2D eigenvalue weighted by Crippen LogP contribution is 2.22. The Hall–Kier alpha value is -2.90. The van der Waals surface area contributed by atoms with Crippen molar-refractivity contribution >= 4 is 11.6 Å². The van der Waals surface area contributed by atoms with Crippen LogP contribution in [0.5, 0.6) is 0 Å². The molecular weight excluding hydrogens is 287 g/mol. The van der Waals surface area contributed by atoms with Crippen LogP contribution >= 0.6 is 11.6 Å². The van der Waals surface area contributed by atoms with E-state index >= 15 is 0 Å². The van der Waals surface area contributed by atoms with Gasteiger partial charge in [-0.25, -0.2) is 9.18 Å². The Balaban J connectivity index is 2.80. The van der Waals surface area contributed by atoms with Crippen LogP contribution in [0.15, 0.2) is 27.9 Å². The first-order valence-electron chi connectivity index (χ1n) is 5.13. The SMILES string of the molecule is N#Cc1cc(F)c(-n2cc(C#N)c(=O)[nH]c2=O)cc1Cl. The number of H-pyrrole nitrogens is 1. The Bertz CT molecular complexity index is 902. The first-order chi connectivity index (χ1) is 9.47. The molecule has 0 atom stereocenters. The van der Waals surface area contributed by atoms with Crippen molar-refractivity contribution in [2.45, 2.75) is 0 Å². The molecule has 0 saturated carbocycles. The Kier molecular flexibility index (Phi) is 3.38. The minimum absolute atomic E-state index is 0.0551. The molecule has 0 aliphatic heterocycles. The molecule has 0 unspecified atom stereocenters. The van der Waals surface area contributed by atoms with Crippen molar-refractivity contribution in [2.24, 2.45) is 0 Å². The summed E-state index contributed by atoms with van der Waals surface area (Å²) in [6.07, 6.45) is 0.905. The van der Waals surface area contributed by atoms with Crippen LogP contribution in [0.3, 0.4) is 0 Å². The molecule has 1 aromatic carbocycles. The van der Waals surface area contributed by atoms with Gasteiger partial charge in [-0.2, -0.15) is 10.5 Å². The van der Waals surface area contributed by atoms with Gasteiger partial charge in [0.15, 0.2) is 0 Å². The number of benzene rings is 1. The van der Waals surface area contributed by atoms with Gasteiger partial charge in [0.25, 0.3) is 5.56 Å². The lowest BCUT2D eigenvalue weighted by Crippen LogP contribution is -2.30. The molecular formula is C12H4ClFN4O2. The summed E-state index contributed by atoms with van der Waals surface area (Å²) >= 11 is 5.77. The number of nitrogens with one attached hydrogen (secondary N) is 1. The lowest BCUT2D eigenvalue weighted by molar-refractivity contribution is 0.613. The van der Waals surface area contributed by atoms with Crippen molar-refractivity contribution in [2.75, 3.05) is 0 Å². The first kappa shape index (κ1) is 13.5. The second-order valence-electron chi connectivity index (χ2n) is 3.68. The number of aromatic amines is 1. The predicted octanol–water partition coefficient (Wildman–Crippen LogP) is 1.06. The smallest absolute Gasteiger partial charge is 0.273 e. The highest BCUT2D eigenvalue weighted by Gasteiger charge is 2.13. The molecule has 0 aliphatic carbocycles. The maximum atomic E-state index is 13.9. The second kappa shape index (κ2) is 5.00. The molecule has 0 spiro atoms. The van der Waals surface area contributed by atoms with Gasteiger partial charge >= 0.3 is 5.69 Å². The van der Waals surface area contributed by atoms with E-state index in [0.29, 0.717) is 0 Å². The molecule has 20 heavy (non-hydrogen) atoms. The van der Waals surface area contributed by atoms with Crippen LogP contribution in [0.25, 0.3) is 5.69 Å². The number of hydrogen-bond acceptors (Lipinski definition) is 4. The fourth-order valence-electron chi connectivity index (χ4n) is 1.54. The number of aromatic nitrogens is 2. The summed E-state index contributed by atoms with van der Waals surface area (Å²) in [7, 11) is 0. The summed E-state index contributed by atoms with van der Waals surface area (Å²) in [6, 6.07) is 5.20. The van der Waals surface area contributed by atoms with Gasteiger partial charge in [-0.15, -0.1) is 0 Å². The summed E-state index contributed by atoms with van der Waals surface area (Å²) in [5.41, 5.74) is -2.51. The fourth-order valence-corrected chi connectivity index (χ4v) is 1.74. The van der Waals surface area contributed by atoms with Gasteiger partial charge in [0, 0.05) is 6.20 Å². The summed E-state index contributed by atoms with van der Waals surface area (Å²) in [5, 5.41) is 17.4. The van der Waals surface area contributed by atoms with Gasteiger partial charge < -0.3 is 0 Å².